The van der Waals surface area contributed by atoms with Gasteiger partial charge in [-0.05, 0) is 12.1 Å². The lowest BCUT2D eigenvalue weighted by atomic mass is 10.0. The third-order valence-corrected chi connectivity index (χ3v) is 4.37. The van der Waals surface area contributed by atoms with Gasteiger partial charge >= 0.3 is 11.9 Å². The second-order valence-electron chi connectivity index (χ2n) is 6.26. The van der Waals surface area contributed by atoms with E-state index in [0.717, 1.165) is 18.4 Å². The van der Waals surface area contributed by atoms with Crippen LogP contribution in [0.2, 0.25) is 0 Å². The number of carboxylic acid groups (broad SMARTS) is 2. The number of halogens is 2. The summed E-state index contributed by atoms with van der Waals surface area (Å²) in [5.41, 5.74) is 0.00413. The van der Waals surface area contributed by atoms with E-state index in [1.54, 1.807) is 10.8 Å². The van der Waals surface area contributed by atoms with E-state index in [2.05, 4.69) is 4.98 Å². The van der Waals surface area contributed by atoms with Crippen molar-refractivity contribution in [1.82, 2.24) is 9.55 Å². The molecule has 0 amide bonds. The summed E-state index contributed by atoms with van der Waals surface area (Å²) in [5.74, 6) is -6.76. The van der Waals surface area contributed by atoms with Crippen LogP contribution in [0.3, 0.4) is 0 Å². The van der Waals surface area contributed by atoms with Crippen molar-refractivity contribution >= 4 is 22.1 Å². The third kappa shape index (κ3) is 7.06. The molecule has 170 valence electrons. The highest BCUT2D eigenvalue weighted by atomic mass is 32.2. The van der Waals surface area contributed by atoms with E-state index in [0.29, 0.717) is 0 Å². The summed E-state index contributed by atoms with van der Waals surface area (Å²) >= 11 is 0. The number of aromatic nitrogens is 2. The minimum atomic E-state index is -3.65. The monoisotopic (exact) mass is 464 g/mol. The van der Waals surface area contributed by atoms with E-state index >= 15 is 0 Å². The Balaban J connectivity index is 0.000000501. The van der Waals surface area contributed by atoms with Gasteiger partial charge < -0.3 is 24.3 Å². The van der Waals surface area contributed by atoms with Crippen LogP contribution >= 0.6 is 0 Å². The van der Waals surface area contributed by atoms with E-state index < -0.39 is 45.6 Å². The van der Waals surface area contributed by atoms with Crippen LogP contribution in [0.1, 0.15) is 5.56 Å². The molecule has 0 aliphatic carbocycles. The summed E-state index contributed by atoms with van der Waals surface area (Å²) in [5, 5.41) is 14.8. The van der Waals surface area contributed by atoms with Gasteiger partial charge in [-0.25, -0.2) is 23.4 Å². The molecule has 2 atom stereocenters. The molecule has 31 heavy (non-hydrogen) atoms. The minimum absolute atomic E-state index is 0.00413. The van der Waals surface area contributed by atoms with Crippen molar-refractivity contribution in [3.63, 3.8) is 0 Å². The number of hydrogen-bond donors (Lipinski definition) is 2. The van der Waals surface area contributed by atoms with Crippen LogP contribution in [0.4, 0.5) is 8.78 Å². The molecule has 0 spiro atoms. The van der Waals surface area contributed by atoms with Gasteiger partial charge in [-0.3, -0.25) is 4.18 Å². The first-order valence-electron chi connectivity index (χ1n) is 8.45. The molecule has 0 bridgehead atoms. The average molecular weight is 464 g/mol. The zero-order valence-electron chi connectivity index (χ0n) is 16.0. The van der Waals surface area contributed by atoms with E-state index in [1.165, 1.54) is 18.6 Å². The van der Waals surface area contributed by atoms with E-state index in [1.807, 2.05) is 0 Å². The van der Waals surface area contributed by atoms with Gasteiger partial charge in [0.1, 0.15) is 17.7 Å². The maximum atomic E-state index is 14.3. The van der Waals surface area contributed by atoms with Crippen molar-refractivity contribution in [2.45, 2.75) is 18.4 Å². The summed E-state index contributed by atoms with van der Waals surface area (Å²) in [6.07, 6.45) is 4.85. The maximum absolute atomic E-state index is 14.3. The first-order chi connectivity index (χ1) is 14.4. The Kier molecular flexibility index (Phi) is 7.78. The van der Waals surface area contributed by atoms with Crippen LogP contribution < -0.4 is 0 Å². The standard InChI is InChI=1S/C15H16F2N2O5S.C2H2O4/c1-25(20,21)23-8-12-7-22-15(24-12,9-19-5-4-18-10-19)13-3-2-11(16)6-14(13)17;3-1(4)2(5)6/h2-6,10,12H,7-9H2,1H3;(H,3,4)(H,5,6)/t12-,15+;/m0./s1. The second kappa shape index (κ2) is 9.91. The smallest absolute Gasteiger partial charge is 0.414 e. The molecule has 0 saturated carbocycles. The lowest BCUT2D eigenvalue weighted by molar-refractivity contribution is -0.191. The van der Waals surface area contributed by atoms with Crippen LogP contribution in [0.15, 0.2) is 36.9 Å². The fraction of sp³-hybridized carbons (Fsp3) is 0.353. The van der Waals surface area contributed by atoms with Crippen LogP contribution in [-0.4, -0.2) is 65.7 Å². The van der Waals surface area contributed by atoms with Crippen LogP contribution in [0, 0.1) is 11.6 Å². The highest BCUT2D eigenvalue weighted by Gasteiger charge is 2.45. The van der Waals surface area contributed by atoms with Gasteiger partial charge in [0, 0.05) is 24.0 Å². The second-order valence-corrected chi connectivity index (χ2v) is 7.91. The predicted molar refractivity (Wildman–Crippen MR) is 97.2 cm³/mol. The molecule has 14 heteroatoms. The number of nitrogens with zero attached hydrogens (tertiary/aromatic N) is 2. The molecule has 2 N–H and O–H groups in total. The molecule has 3 rings (SSSR count). The van der Waals surface area contributed by atoms with Crippen molar-refractivity contribution in [2.75, 3.05) is 19.5 Å². The van der Waals surface area contributed by atoms with Crippen LogP contribution in [0.5, 0.6) is 0 Å². The largest absolute Gasteiger partial charge is 0.473 e. The van der Waals surface area contributed by atoms with Crippen molar-refractivity contribution in [3.8, 4) is 0 Å². The molecule has 11 nitrogen and oxygen atoms in total. The van der Waals surface area contributed by atoms with Gasteiger partial charge in [-0.2, -0.15) is 8.42 Å². The van der Waals surface area contributed by atoms with Gasteiger partial charge in [0.25, 0.3) is 10.1 Å². The quantitative estimate of drug-likeness (QED) is 0.458. The number of imidazole rings is 1. The molecule has 0 unspecified atom stereocenters. The molecule has 0 radical (unpaired) electrons. The van der Waals surface area contributed by atoms with Crippen molar-refractivity contribution in [3.05, 3.63) is 54.1 Å². The summed E-state index contributed by atoms with van der Waals surface area (Å²) in [6.45, 7) is -0.237. The SMILES string of the molecule is CS(=O)(=O)OC[C@@H]1CO[C@@](Cn2ccnc2)(c2ccc(F)cc2F)O1.O=C(O)C(=O)O. The number of benzene rings is 1. The van der Waals surface area contributed by atoms with Crippen LogP contribution in [-0.2, 0) is 45.7 Å². The summed E-state index contributed by atoms with van der Waals surface area (Å²) in [4.78, 5) is 22.1. The predicted octanol–water partition coefficient (Wildman–Crippen LogP) is 0.561. The summed E-state index contributed by atoms with van der Waals surface area (Å²) < 4.78 is 67.7. The van der Waals surface area contributed by atoms with Gasteiger partial charge in [0.15, 0.2) is 0 Å². The molecule has 2 aromatic rings. The molecule has 1 aliphatic rings. The molecule has 1 aromatic heterocycles. The number of carbonyl (C=O) groups is 2. The topological polar surface area (TPSA) is 154 Å². The Bertz CT molecular complexity index is 1020. The Morgan fingerprint density at radius 1 is 1.32 bits per heavy atom. The van der Waals surface area contributed by atoms with Gasteiger partial charge in [0.05, 0.1) is 32.3 Å². The minimum Gasteiger partial charge on any atom is -0.473 e. The lowest BCUT2D eigenvalue weighted by Crippen LogP contribution is -2.35. The van der Waals surface area contributed by atoms with Crippen LogP contribution in [0.25, 0.3) is 0 Å². The number of hydrogen-bond acceptors (Lipinski definition) is 8. The number of aliphatic carboxylic acids is 2. The molecule has 2 heterocycles. The fourth-order valence-electron chi connectivity index (χ4n) is 2.57. The maximum Gasteiger partial charge on any atom is 0.414 e. The third-order valence-electron chi connectivity index (χ3n) is 3.80. The highest BCUT2D eigenvalue weighted by molar-refractivity contribution is 7.85. The summed E-state index contributed by atoms with van der Waals surface area (Å²) in [6, 6.07) is 3.07. The van der Waals surface area contributed by atoms with Gasteiger partial charge in [-0.15, -0.1) is 0 Å². The van der Waals surface area contributed by atoms with E-state index in [4.69, 9.17) is 33.5 Å². The molecule has 1 aliphatic heterocycles. The Hall–Kier alpha value is -2.94. The van der Waals surface area contributed by atoms with Crippen molar-refractivity contribution in [2.24, 2.45) is 0 Å². The molecule has 1 aromatic carbocycles. The first-order valence-corrected chi connectivity index (χ1v) is 10.3. The molecule has 1 fully saturated rings. The number of carboxylic acids is 2. The van der Waals surface area contributed by atoms with Gasteiger partial charge in [0.2, 0.25) is 5.79 Å². The van der Waals surface area contributed by atoms with Crippen molar-refractivity contribution in [1.29, 1.82) is 0 Å². The zero-order chi connectivity index (χ0) is 23.2. The lowest BCUT2D eigenvalue weighted by Gasteiger charge is -2.29. The fourth-order valence-corrected chi connectivity index (χ4v) is 2.97. The Morgan fingerprint density at radius 3 is 2.52 bits per heavy atom. The zero-order valence-corrected chi connectivity index (χ0v) is 16.8. The molecular formula is C17H18F2N2O9S. The first kappa shape index (κ1) is 24.3. The normalized spacial score (nSPS) is 20.7. The van der Waals surface area contributed by atoms with E-state index in [-0.39, 0.29) is 25.3 Å². The van der Waals surface area contributed by atoms with Gasteiger partial charge in [-0.1, -0.05) is 0 Å². The number of ether oxygens (including phenoxy) is 2. The molecular weight excluding hydrogens is 446 g/mol. The summed E-state index contributed by atoms with van der Waals surface area (Å²) in [7, 11) is -3.65. The average Bonchev–Trinajstić information content (AvgIpc) is 3.30. The molecule has 1 saturated heterocycles. The number of rotatable bonds is 6. The Labute approximate surface area is 174 Å². The van der Waals surface area contributed by atoms with E-state index in [9.17, 15) is 17.2 Å². The Morgan fingerprint density at radius 2 is 2.00 bits per heavy atom. The van der Waals surface area contributed by atoms with Crippen molar-refractivity contribution < 1.29 is 50.7 Å². The highest BCUT2D eigenvalue weighted by Crippen LogP contribution is 2.37.